The second-order valence-corrected chi connectivity index (χ2v) is 6.64. The summed E-state index contributed by atoms with van der Waals surface area (Å²) in [5, 5.41) is 0.791. The van der Waals surface area contributed by atoms with Crippen molar-refractivity contribution in [2.45, 2.75) is 12.1 Å². The number of thioether (sulfide) groups is 1. The SMILES string of the molecule is Cc1cccc(-n2ccnc2SCC(=O)c2ccc3c(c2)OCO3)c1. The maximum absolute atomic E-state index is 12.5. The summed E-state index contributed by atoms with van der Waals surface area (Å²) in [6.07, 6.45) is 3.65. The molecule has 0 amide bonds. The first-order valence-electron chi connectivity index (χ1n) is 7.87. The van der Waals surface area contributed by atoms with E-state index >= 15 is 0 Å². The van der Waals surface area contributed by atoms with Gasteiger partial charge in [0.1, 0.15) is 0 Å². The minimum atomic E-state index is 0.0297. The number of imidazole rings is 1. The molecule has 3 aromatic rings. The van der Waals surface area contributed by atoms with E-state index in [1.165, 1.54) is 17.3 Å². The molecule has 0 radical (unpaired) electrons. The highest BCUT2D eigenvalue weighted by atomic mass is 32.2. The van der Waals surface area contributed by atoms with Crippen LogP contribution in [0.3, 0.4) is 0 Å². The largest absolute Gasteiger partial charge is 0.454 e. The van der Waals surface area contributed by atoms with Gasteiger partial charge in [-0.3, -0.25) is 9.36 Å². The van der Waals surface area contributed by atoms with E-state index < -0.39 is 0 Å². The van der Waals surface area contributed by atoms with Crippen molar-refractivity contribution < 1.29 is 14.3 Å². The van der Waals surface area contributed by atoms with Gasteiger partial charge in [-0.15, -0.1) is 0 Å². The maximum atomic E-state index is 12.5. The van der Waals surface area contributed by atoms with E-state index in [-0.39, 0.29) is 12.6 Å². The molecule has 0 aliphatic carbocycles. The first kappa shape index (κ1) is 15.8. The molecule has 5 nitrogen and oxygen atoms in total. The fraction of sp³-hybridized carbons (Fsp3) is 0.158. The van der Waals surface area contributed by atoms with Crippen LogP contribution >= 0.6 is 11.8 Å². The average Bonchev–Trinajstić information content (AvgIpc) is 3.28. The fourth-order valence-corrected chi connectivity index (χ4v) is 3.52. The summed E-state index contributed by atoms with van der Waals surface area (Å²) in [5.41, 5.74) is 2.83. The second kappa shape index (κ2) is 6.64. The Bertz CT molecular complexity index is 936. The van der Waals surface area contributed by atoms with Crippen LogP contribution in [0.2, 0.25) is 0 Å². The quantitative estimate of drug-likeness (QED) is 0.515. The molecule has 25 heavy (non-hydrogen) atoms. The lowest BCUT2D eigenvalue weighted by atomic mass is 10.1. The molecular weight excluding hydrogens is 336 g/mol. The third-order valence-corrected chi connectivity index (χ3v) is 4.88. The summed E-state index contributed by atoms with van der Waals surface area (Å²) >= 11 is 1.42. The Hall–Kier alpha value is -2.73. The number of carbonyl (C=O) groups is 1. The van der Waals surface area contributed by atoms with Gasteiger partial charge in [0, 0.05) is 23.6 Å². The van der Waals surface area contributed by atoms with Crippen molar-refractivity contribution >= 4 is 17.5 Å². The van der Waals surface area contributed by atoms with E-state index in [9.17, 15) is 4.79 Å². The van der Waals surface area contributed by atoms with Crippen molar-refractivity contribution in [2.24, 2.45) is 0 Å². The number of ketones is 1. The highest BCUT2D eigenvalue weighted by molar-refractivity contribution is 7.99. The van der Waals surface area contributed by atoms with Crippen LogP contribution in [0.5, 0.6) is 11.5 Å². The molecule has 0 saturated heterocycles. The molecule has 0 N–H and O–H groups in total. The Labute approximate surface area is 149 Å². The van der Waals surface area contributed by atoms with Gasteiger partial charge in [0.25, 0.3) is 0 Å². The normalized spacial score (nSPS) is 12.4. The second-order valence-electron chi connectivity index (χ2n) is 5.70. The van der Waals surface area contributed by atoms with E-state index in [4.69, 9.17) is 9.47 Å². The van der Waals surface area contributed by atoms with E-state index in [0.29, 0.717) is 22.8 Å². The van der Waals surface area contributed by atoms with Gasteiger partial charge in [-0.1, -0.05) is 23.9 Å². The molecule has 0 saturated carbocycles. The molecule has 6 heteroatoms. The van der Waals surface area contributed by atoms with Crippen LogP contribution in [-0.4, -0.2) is 27.9 Å². The molecule has 2 aromatic carbocycles. The van der Waals surface area contributed by atoms with Crippen LogP contribution in [0, 0.1) is 6.92 Å². The molecular formula is C19H16N2O3S. The summed E-state index contributed by atoms with van der Waals surface area (Å²) in [5.74, 6) is 1.64. The third-order valence-electron chi connectivity index (χ3n) is 3.91. The molecule has 0 spiro atoms. The number of aromatic nitrogens is 2. The number of benzene rings is 2. The Balaban J connectivity index is 1.49. The van der Waals surface area contributed by atoms with Crippen molar-refractivity contribution in [1.82, 2.24) is 9.55 Å². The number of aryl methyl sites for hydroxylation is 1. The number of carbonyl (C=O) groups excluding carboxylic acids is 1. The maximum Gasteiger partial charge on any atom is 0.231 e. The van der Waals surface area contributed by atoms with Crippen molar-refractivity contribution in [3.05, 3.63) is 66.0 Å². The van der Waals surface area contributed by atoms with Crippen LogP contribution in [-0.2, 0) is 0 Å². The minimum Gasteiger partial charge on any atom is -0.454 e. The van der Waals surface area contributed by atoms with Gasteiger partial charge in [0.05, 0.1) is 5.75 Å². The third kappa shape index (κ3) is 3.25. The lowest BCUT2D eigenvalue weighted by Gasteiger charge is -2.08. The Morgan fingerprint density at radius 1 is 1.20 bits per heavy atom. The molecule has 1 aromatic heterocycles. The zero-order valence-corrected chi connectivity index (χ0v) is 14.5. The molecule has 1 aliphatic rings. The summed E-state index contributed by atoms with van der Waals surface area (Å²) in [4.78, 5) is 16.9. The zero-order valence-electron chi connectivity index (χ0n) is 13.6. The molecule has 0 bridgehead atoms. The summed E-state index contributed by atoms with van der Waals surface area (Å²) in [6, 6.07) is 13.5. The van der Waals surface area contributed by atoms with E-state index in [0.717, 1.165) is 10.8 Å². The van der Waals surface area contributed by atoms with Crippen LogP contribution in [0.15, 0.2) is 60.0 Å². The lowest BCUT2D eigenvalue weighted by molar-refractivity contribution is 0.102. The number of rotatable bonds is 5. The summed E-state index contributed by atoms with van der Waals surface area (Å²) in [7, 11) is 0. The van der Waals surface area contributed by atoms with Gasteiger partial charge in [-0.05, 0) is 42.8 Å². The van der Waals surface area contributed by atoms with Crippen LogP contribution in [0.25, 0.3) is 5.69 Å². The predicted octanol–water partition coefficient (Wildman–Crippen LogP) is 3.88. The highest BCUT2D eigenvalue weighted by Crippen LogP contribution is 2.33. The first-order chi connectivity index (χ1) is 12.2. The highest BCUT2D eigenvalue weighted by Gasteiger charge is 2.17. The first-order valence-corrected chi connectivity index (χ1v) is 8.85. The number of ether oxygens (including phenoxy) is 2. The average molecular weight is 352 g/mol. The number of hydrogen-bond acceptors (Lipinski definition) is 5. The van der Waals surface area contributed by atoms with Gasteiger partial charge in [0.2, 0.25) is 6.79 Å². The van der Waals surface area contributed by atoms with Gasteiger partial charge < -0.3 is 9.47 Å². The molecule has 1 aliphatic heterocycles. The summed E-state index contributed by atoms with van der Waals surface area (Å²) < 4.78 is 12.6. The van der Waals surface area contributed by atoms with E-state index in [2.05, 4.69) is 24.0 Å². The predicted molar refractivity (Wildman–Crippen MR) is 95.9 cm³/mol. The zero-order chi connectivity index (χ0) is 17.2. The van der Waals surface area contributed by atoms with Gasteiger partial charge in [-0.2, -0.15) is 0 Å². The van der Waals surface area contributed by atoms with Gasteiger partial charge in [-0.25, -0.2) is 4.98 Å². The molecule has 4 rings (SSSR count). The molecule has 0 fully saturated rings. The van der Waals surface area contributed by atoms with Crippen molar-refractivity contribution in [2.75, 3.05) is 12.5 Å². The monoisotopic (exact) mass is 352 g/mol. The van der Waals surface area contributed by atoms with E-state index in [1.807, 2.05) is 22.9 Å². The molecule has 0 atom stereocenters. The fourth-order valence-electron chi connectivity index (χ4n) is 2.65. The number of Topliss-reactive ketones (excluding diaryl/α,β-unsaturated/α-hetero) is 1. The molecule has 2 heterocycles. The van der Waals surface area contributed by atoms with Crippen LogP contribution in [0.1, 0.15) is 15.9 Å². The number of fused-ring (bicyclic) bond motifs is 1. The van der Waals surface area contributed by atoms with Crippen LogP contribution < -0.4 is 9.47 Å². The molecule has 126 valence electrons. The minimum absolute atomic E-state index is 0.0297. The van der Waals surface area contributed by atoms with Crippen molar-refractivity contribution in [1.29, 1.82) is 0 Å². The van der Waals surface area contributed by atoms with Gasteiger partial charge in [0.15, 0.2) is 22.4 Å². The standard InChI is InChI=1S/C19H16N2O3S/c1-13-3-2-4-15(9-13)21-8-7-20-19(21)25-11-16(22)14-5-6-17-18(10-14)24-12-23-17/h2-10H,11-12H2,1H3. The summed E-state index contributed by atoms with van der Waals surface area (Å²) in [6.45, 7) is 2.26. The van der Waals surface area contributed by atoms with Crippen molar-refractivity contribution in [3.8, 4) is 17.2 Å². The van der Waals surface area contributed by atoms with E-state index in [1.54, 1.807) is 24.4 Å². The van der Waals surface area contributed by atoms with Crippen molar-refractivity contribution in [3.63, 3.8) is 0 Å². The Morgan fingerprint density at radius 2 is 2.08 bits per heavy atom. The molecule has 0 unspecified atom stereocenters. The lowest BCUT2D eigenvalue weighted by Crippen LogP contribution is -2.04. The Kier molecular flexibility index (Phi) is 4.19. The number of nitrogens with zero attached hydrogens (tertiary/aromatic N) is 2. The number of hydrogen-bond donors (Lipinski definition) is 0. The topological polar surface area (TPSA) is 53.4 Å². The van der Waals surface area contributed by atoms with Crippen LogP contribution in [0.4, 0.5) is 0 Å². The Morgan fingerprint density at radius 3 is 2.96 bits per heavy atom. The van der Waals surface area contributed by atoms with Gasteiger partial charge >= 0.3 is 0 Å². The smallest absolute Gasteiger partial charge is 0.231 e.